The molecule has 0 fully saturated rings. The number of hydrogen-bond acceptors (Lipinski definition) is 5. The molecular weight excluding hydrogens is 487 g/mol. The zero-order valence-corrected chi connectivity index (χ0v) is 19.6. The Morgan fingerprint density at radius 3 is 2.53 bits per heavy atom. The van der Waals surface area contributed by atoms with E-state index in [0.29, 0.717) is 15.8 Å². The average Bonchev–Trinajstić information content (AvgIpc) is 2.80. The van der Waals surface area contributed by atoms with Crippen LogP contribution >= 0.6 is 46.6 Å². The number of carbonyl (C=O) groups excluding carboxylic acids is 1. The van der Waals surface area contributed by atoms with Gasteiger partial charge in [-0.3, -0.25) is 0 Å². The van der Waals surface area contributed by atoms with Crippen molar-refractivity contribution in [2.75, 3.05) is 0 Å². The summed E-state index contributed by atoms with van der Waals surface area (Å²) in [5.74, 6) is 0.0656. The molecule has 0 N–H and O–H groups in total. The summed E-state index contributed by atoms with van der Waals surface area (Å²) in [7, 11) is 0. The number of fused-ring (bicyclic) bond motifs is 1. The molecule has 0 atom stereocenters. The number of thioether (sulfide) groups is 1. The van der Waals surface area contributed by atoms with E-state index >= 15 is 0 Å². The molecule has 0 aliphatic heterocycles. The fourth-order valence-corrected chi connectivity index (χ4v) is 4.22. The van der Waals surface area contributed by atoms with Crippen LogP contribution in [0.1, 0.15) is 21.5 Å². The monoisotopic (exact) mass is 500 g/mol. The van der Waals surface area contributed by atoms with Crippen LogP contribution in [0.4, 0.5) is 0 Å². The predicted octanol–water partition coefficient (Wildman–Crippen LogP) is 7.68. The predicted molar refractivity (Wildman–Crippen MR) is 132 cm³/mol. The Bertz CT molecular complexity index is 1310. The van der Waals surface area contributed by atoms with Crippen molar-refractivity contribution in [2.24, 2.45) is 5.16 Å². The van der Waals surface area contributed by atoms with Crippen LogP contribution in [-0.4, -0.2) is 17.2 Å². The number of benzene rings is 3. The molecular formula is C24H15Cl3N2O2S. The molecule has 0 bridgehead atoms. The van der Waals surface area contributed by atoms with Crippen LogP contribution < -0.4 is 0 Å². The van der Waals surface area contributed by atoms with E-state index in [9.17, 15) is 4.79 Å². The van der Waals surface area contributed by atoms with Gasteiger partial charge in [0.05, 0.1) is 27.3 Å². The zero-order valence-electron chi connectivity index (χ0n) is 16.5. The Morgan fingerprint density at radius 2 is 1.75 bits per heavy atom. The molecule has 0 aliphatic carbocycles. The maximum absolute atomic E-state index is 12.3. The summed E-state index contributed by atoms with van der Waals surface area (Å²) in [5.41, 5.74) is 2.98. The van der Waals surface area contributed by atoms with Crippen LogP contribution in [0.5, 0.6) is 0 Å². The number of halogens is 3. The van der Waals surface area contributed by atoms with Gasteiger partial charge in [0.15, 0.2) is 0 Å². The molecule has 8 heteroatoms. The third-order valence-corrected chi connectivity index (χ3v) is 6.56. The number of oxime groups is 1. The van der Waals surface area contributed by atoms with Gasteiger partial charge in [-0.25, -0.2) is 9.78 Å². The number of nitrogens with zero attached hydrogens (tertiary/aromatic N) is 2. The highest BCUT2D eigenvalue weighted by Crippen LogP contribution is 2.28. The number of carbonyl (C=O) groups is 1. The van der Waals surface area contributed by atoms with Gasteiger partial charge in [-0.15, -0.1) is 11.8 Å². The lowest BCUT2D eigenvalue weighted by molar-refractivity contribution is 0.0519. The Morgan fingerprint density at radius 1 is 0.969 bits per heavy atom. The lowest BCUT2D eigenvalue weighted by Gasteiger charge is -2.08. The van der Waals surface area contributed by atoms with Gasteiger partial charge in [0.25, 0.3) is 0 Å². The van der Waals surface area contributed by atoms with Gasteiger partial charge in [-0.05, 0) is 48.0 Å². The second-order valence-electron chi connectivity index (χ2n) is 6.73. The average molecular weight is 502 g/mol. The number of rotatable bonds is 6. The van der Waals surface area contributed by atoms with Crippen molar-refractivity contribution in [3.63, 3.8) is 0 Å². The first-order valence-corrected chi connectivity index (χ1v) is 11.6. The lowest BCUT2D eigenvalue weighted by Crippen LogP contribution is -2.01. The van der Waals surface area contributed by atoms with Crippen LogP contribution in [0.25, 0.3) is 10.9 Å². The van der Waals surface area contributed by atoms with Crippen molar-refractivity contribution in [2.45, 2.75) is 10.8 Å². The molecule has 0 aliphatic rings. The van der Waals surface area contributed by atoms with E-state index in [1.807, 2.05) is 54.6 Å². The van der Waals surface area contributed by atoms with Crippen LogP contribution in [0.2, 0.25) is 15.1 Å². The van der Waals surface area contributed by atoms with Crippen LogP contribution in [0, 0.1) is 0 Å². The molecule has 0 unspecified atom stereocenters. The van der Waals surface area contributed by atoms with E-state index in [1.54, 1.807) is 11.8 Å². The van der Waals surface area contributed by atoms with Gasteiger partial charge in [-0.1, -0.05) is 70.3 Å². The summed E-state index contributed by atoms with van der Waals surface area (Å²) < 4.78 is 0. The van der Waals surface area contributed by atoms with Crippen molar-refractivity contribution in [3.05, 3.63) is 105 Å². The summed E-state index contributed by atoms with van der Waals surface area (Å²) in [6, 6.07) is 21.9. The summed E-state index contributed by atoms with van der Waals surface area (Å²) in [6.45, 7) is 0. The summed E-state index contributed by atoms with van der Waals surface area (Å²) in [6.07, 6.45) is 1.49. The maximum Gasteiger partial charge on any atom is 0.365 e. The first kappa shape index (κ1) is 22.6. The van der Waals surface area contributed by atoms with Gasteiger partial charge in [-0.2, -0.15) is 0 Å². The van der Waals surface area contributed by atoms with Crippen molar-refractivity contribution < 1.29 is 9.63 Å². The third-order valence-electron chi connectivity index (χ3n) is 4.49. The summed E-state index contributed by atoms with van der Waals surface area (Å²) in [4.78, 5) is 22.1. The standard InChI is InChI=1S/C24H15Cl3N2O2S/c25-19-8-5-15(6-9-19)14-32-23-18(11-16-3-1-2-4-22(16)29-23)13-28-31-24(30)17-7-10-20(26)21(27)12-17/h1-13H,14H2/b28-13-. The Kier molecular flexibility index (Phi) is 7.33. The van der Waals surface area contributed by atoms with E-state index in [1.165, 1.54) is 24.4 Å². The molecule has 160 valence electrons. The normalized spacial score (nSPS) is 11.2. The second-order valence-corrected chi connectivity index (χ2v) is 8.95. The van der Waals surface area contributed by atoms with E-state index in [4.69, 9.17) is 44.6 Å². The van der Waals surface area contributed by atoms with Crippen LogP contribution in [0.3, 0.4) is 0 Å². The van der Waals surface area contributed by atoms with E-state index in [2.05, 4.69) is 5.16 Å². The van der Waals surface area contributed by atoms with Crippen molar-refractivity contribution in [1.29, 1.82) is 0 Å². The molecule has 1 aromatic heterocycles. The van der Waals surface area contributed by atoms with Crippen LogP contribution in [0.15, 0.2) is 83.0 Å². The van der Waals surface area contributed by atoms with Crippen molar-refractivity contribution >= 4 is 69.7 Å². The highest BCUT2D eigenvalue weighted by Gasteiger charge is 2.11. The van der Waals surface area contributed by atoms with Crippen molar-refractivity contribution in [3.8, 4) is 0 Å². The molecule has 0 saturated carbocycles. The summed E-state index contributed by atoms with van der Waals surface area (Å²) in [5, 5.41) is 6.93. The van der Waals surface area contributed by atoms with Gasteiger partial charge in [0.1, 0.15) is 5.03 Å². The molecule has 1 heterocycles. The third kappa shape index (κ3) is 5.61. The summed E-state index contributed by atoms with van der Waals surface area (Å²) >= 11 is 19.4. The quantitative estimate of drug-likeness (QED) is 0.118. The topological polar surface area (TPSA) is 51.5 Å². The molecule has 4 aromatic rings. The molecule has 4 nitrogen and oxygen atoms in total. The zero-order chi connectivity index (χ0) is 22.5. The number of pyridine rings is 1. The molecule has 0 spiro atoms. The van der Waals surface area contributed by atoms with Gasteiger partial charge >= 0.3 is 5.97 Å². The van der Waals surface area contributed by atoms with E-state index < -0.39 is 5.97 Å². The highest BCUT2D eigenvalue weighted by molar-refractivity contribution is 7.98. The second kappa shape index (κ2) is 10.4. The molecule has 4 rings (SSSR count). The van der Waals surface area contributed by atoms with E-state index in [-0.39, 0.29) is 10.6 Å². The lowest BCUT2D eigenvalue weighted by atomic mass is 10.2. The largest absolute Gasteiger partial charge is 0.365 e. The fraction of sp³-hybridized carbons (Fsp3) is 0.0417. The first-order valence-electron chi connectivity index (χ1n) is 9.46. The van der Waals surface area contributed by atoms with Crippen molar-refractivity contribution in [1.82, 2.24) is 4.98 Å². The minimum absolute atomic E-state index is 0.255. The minimum Gasteiger partial charge on any atom is -0.313 e. The van der Waals surface area contributed by atoms with E-state index in [0.717, 1.165) is 27.1 Å². The van der Waals surface area contributed by atoms with Gasteiger partial charge in [0, 0.05) is 21.7 Å². The number of aromatic nitrogens is 1. The Balaban J connectivity index is 1.55. The molecule has 3 aromatic carbocycles. The van der Waals surface area contributed by atoms with Crippen LogP contribution in [-0.2, 0) is 10.6 Å². The molecule has 0 radical (unpaired) electrons. The first-order chi connectivity index (χ1) is 15.5. The number of hydrogen-bond donors (Lipinski definition) is 0. The number of para-hydroxylation sites is 1. The highest BCUT2D eigenvalue weighted by atomic mass is 35.5. The fourth-order valence-electron chi connectivity index (χ4n) is 2.86. The minimum atomic E-state index is -0.635. The van der Waals surface area contributed by atoms with Gasteiger partial charge < -0.3 is 4.84 Å². The smallest absolute Gasteiger partial charge is 0.313 e. The maximum atomic E-state index is 12.3. The SMILES string of the molecule is O=C(O/N=C\c1cc2ccccc2nc1SCc1ccc(Cl)cc1)c1ccc(Cl)c(Cl)c1. The Hall–Kier alpha value is -2.57. The molecule has 0 amide bonds. The van der Waals surface area contributed by atoms with Gasteiger partial charge in [0.2, 0.25) is 0 Å². The molecule has 32 heavy (non-hydrogen) atoms. The Labute approximate surface area is 204 Å². The molecule has 0 saturated heterocycles.